The van der Waals surface area contributed by atoms with E-state index in [2.05, 4.69) is 20.9 Å². The fourth-order valence-corrected chi connectivity index (χ4v) is 1.14. The lowest BCUT2D eigenvalue weighted by Gasteiger charge is -2.03. The Morgan fingerprint density at radius 3 is 2.58 bits per heavy atom. The summed E-state index contributed by atoms with van der Waals surface area (Å²) in [7, 11) is 0. The lowest BCUT2D eigenvalue weighted by atomic mass is 10.3. The molecule has 0 unspecified atom stereocenters. The molecule has 0 bridgehead atoms. The highest BCUT2D eigenvalue weighted by Crippen LogP contribution is 2.32. The maximum Gasteiger partial charge on any atom is 0.281 e. The first-order valence-electron chi connectivity index (χ1n) is 2.81. The molecule has 12 heavy (non-hydrogen) atoms. The minimum absolute atomic E-state index is 0.186. The third-order valence-corrected chi connectivity index (χ3v) is 2.54. The van der Waals surface area contributed by atoms with Crippen LogP contribution in [-0.2, 0) is 0 Å². The highest BCUT2D eigenvalue weighted by Gasteiger charge is 2.17. The molecule has 1 rings (SSSR count). The molecule has 0 saturated carbocycles. The van der Waals surface area contributed by atoms with Gasteiger partial charge in [-0.3, -0.25) is 4.98 Å². The van der Waals surface area contributed by atoms with Crippen molar-refractivity contribution in [1.82, 2.24) is 4.98 Å². The maximum absolute atomic E-state index is 12.6. The van der Waals surface area contributed by atoms with Gasteiger partial charge in [-0.25, -0.2) is 13.2 Å². The van der Waals surface area contributed by atoms with Crippen LogP contribution in [0.3, 0.4) is 0 Å². The van der Waals surface area contributed by atoms with E-state index < -0.39 is 17.9 Å². The number of hydrogen-bond acceptors (Lipinski definition) is 1. The summed E-state index contributed by atoms with van der Waals surface area (Å²) in [6, 6.07) is 0. The van der Waals surface area contributed by atoms with E-state index in [1.165, 1.54) is 0 Å². The van der Waals surface area contributed by atoms with Crippen LogP contribution >= 0.6 is 27.5 Å². The molecule has 0 N–H and O–H groups in total. The van der Waals surface area contributed by atoms with Crippen molar-refractivity contribution in [2.75, 3.05) is 0 Å². The molecule has 0 spiro atoms. The van der Waals surface area contributed by atoms with Crippen molar-refractivity contribution < 1.29 is 13.2 Å². The quantitative estimate of drug-likeness (QED) is 0.752. The van der Waals surface area contributed by atoms with Crippen LogP contribution in [-0.4, -0.2) is 4.98 Å². The molecule has 0 atom stereocenters. The molecular formula is C6H2BrClF3N. The van der Waals surface area contributed by atoms with Crippen molar-refractivity contribution >= 4 is 27.5 Å². The van der Waals surface area contributed by atoms with Crippen LogP contribution in [0.4, 0.5) is 13.2 Å². The first-order valence-corrected chi connectivity index (χ1v) is 3.98. The second-order valence-electron chi connectivity index (χ2n) is 1.92. The van der Waals surface area contributed by atoms with E-state index in [4.69, 9.17) is 11.6 Å². The van der Waals surface area contributed by atoms with Crippen LogP contribution in [0.2, 0.25) is 5.02 Å². The molecule has 0 amide bonds. The lowest BCUT2D eigenvalue weighted by molar-refractivity contribution is 0.146. The summed E-state index contributed by atoms with van der Waals surface area (Å²) < 4.78 is 36.5. The Kier molecular flexibility index (Phi) is 2.95. The largest absolute Gasteiger partial charge is 0.281 e. The van der Waals surface area contributed by atoms with E-state index in [9.17, 15) is 13.2 Å². The summed E-state index contributed by atoms with van der Waals surface area (Å²) in [5.41, 5.74) is -0.620. The number of halogens is 5. The number of rotatable bonds is 1. The monoisotopic (exact) mass is 259 g/mol. The lowest BCUT2D eigenvalue weighted by Crippen LogP contribution is -1.94. The SMILES string of the molecule is Fc1cnc(C(F)F)c(Cl)c1Br. The maximum atomic E-state index is 12.6. The van der Waals surface area contributed by atoms with Crippen molar-refractivity contribution in [3.63, 3.8) is 0 Å². The zero-order valence-electron chi connectivity index (χ0n) is 5.49. The van der Waals surface area contributed by atoms with Gasteiger partial charge in [0.25, 0.3) is 6.43 Å². The standard InChI is InChI=1S/C6H2BrClF3N/c7-3-2(9)1-12-5(4(3)8)6(10)11/h1,6H. The van der Waals surface area contributed by atoms with Gasteiger partial charge in [-0.05, 0) is 15.9 Å². The van der Waals surface area contributed by atoms with Crippen LogP contribution < -0.4 is 0 Å². The first kappa shape index (κ1) is 9.80. The predicted octanol–water partition coefficient (Wildman–Crippen LogP) is 3.57. The van der Waals surface area contributed by atoms with Crippen LogP contribution in [0.15, 0.2) is 10.7 Å². The third kappa shape index (κ3) is 1.72. The highest BCUT2D eigenvalue weighted by molar-refractivity contribution is 9.10. The van der Waals surface area contributed by atoms with Crippen LogP contribution in [0, 0.1) is 5.82 Å². The number of nitrogens with zero attached hydrogens (tertiary/aromatic N) is 1. The van der Waals surface area contributed by atoms with Gasteiger partial charge in [0.1, 0.15) is 5.69 Å². The van der Waals surface area contributed by atoms with Crippen LogP contribution in [0.5, 0.6) is 0 Å². The minimum Gasteiger partial charge on any atom is -0.251 e. The Balaban J connectivity index is 3.27. The summed E-state index contributed by atoms with van der Waals surface area (Å²) in [5, 5.41) is -0.384. The van der Waals surface area contributed by atoms with E-state index in [-0.39, 0.29) is 9.50 Å². The molecular weight excluding hydrogens is 258 g/mol. The summed E-state index contributed by atoms with van der Waals surface area (Å²) in [6.45, 7) is 0. The smallest absolute Gasteiger partial charge is 0.251 e. The number of pyridine rings is 1. The van der Waals surface area contributed by atoms with Gasteiger partial charge in [0.15, 0.2) is 5.82 Å². The number of hydrogen-bond donors (Lipinski definition) is 0. The zero-order valence-corrected chi connectivity index (χ0v) is 7.83. The summed E-state index contributed by atoms with van der Waals surface area (Å²) in [6.07, 6.45) is -2.10. The molecule has 0 aliphatic carbocycles. The Bertz CT molecular complexity index is 305. The van der Waals surface area contributed by atoms with Crippen LogP contribution in [0.1, 0.15) is 12.1 Å². The van der Waals surface area contributed by atoms with Gasteiger partial charge in [-0.1, -0.05) is 11.6 Å². The Morgan fingerprint density at radius 1 is 1.50 bits per heavy atom. The van der Waals surface area contributed by atoms with Gasteiger partial charge in [-0.2, -0.15) is 0 Å². The van der Waals surface area contributed by atoms with Gasteiger partial charge in [0.2, 0.25) is 0 Å². The zero-order chi connectivity index (χ0) is 9.30. The van der Waals surface area contributed by atoms with Crippen molar-refractivity contribution in [1.29, 1.82) is 0 Å². The first-order chi connectivity index (χ1) is 5.54. The van der Waals surface area contributed by atoms with E-state index in [1.54, 1.807) is 0 Å². The van der Waals surface area contributed by atoms with Gasteiger partial charge < -0.3 is 0 Å². The second-order valence-corrected chi connectivity index (χ2v) is 3.09. The molecule has 0 aliphatic rings. The summed E-state index contributed by atoms with van der Waals surface area (Å²) >= 11 is 8.08. The number of alkyl halides is 2. The topological polar surface area (TPSA) is 12.9 Å². The van der Waals surface area contributed by atoms with Gasteiger partial charge >= 0.3 is 0 Å². The minimum atomic E-state index is -2.80. The predicted molar refractivity (Wildman–Crippen MR) is 41.9 cm³/mol. The molecule has 0 radical (unpaired) electrons. The van der Waals surface area contributed by atoms with Crippen molar-refractivity contribution in [3.05, 3.63) is 27.2 Å². The van der Waals surface area contributed by atoms with Crippen molar-refractivity contribution in [3.8, 4) is 0 Å². The number of aromatic nitrogens is 1. The fourth-order valence-electron chi connectivity index (χ4n) is 0.609. The molecule has 1 heterocycles. The Morgan fingerprint density at radius 2 is 2.08 bits per heavy atom. The normalized spacial score (nSPS) is 10.8. The Hall–Kier alpha value is -0.290. The van der Waals surface area contributed by atoms with Crippen molar-refractivity contribution in [2.45, 2.75) is 6.43 Å². The van der Waals surface area contributed by atoms with Gasteiger partial charge in [0, 0.05) is 0 Å². The molecule has 0 fully saturated rings. The molecule has 0 aliphatic heterocycles. The molecule has 1 nitrogen and oxygen atoms in total. The van der Waals surface area contributed by atoms with Crippen molar-refractivity contribution in [2.24, 2.45) is 0 Å². The average molecular weight is 260 g/mol. The van der Waals surface area contributed by atoms with E-state index >= 15 is 0 Å². The van der Waals surface area contributed by atoms with Gasteiger partial charge in [0.05, 0.1) is 15.7 Å². The molecule has 0 aromatic carbocycles. The second kappa shape index (κ2) is 3.62. The summed E-state index contributed by atoms with van der Waals surface area (Å²) in [5.74, 6) is -0.760. The highest BCUT2D eigenvalue weighted by atomic mass is 79.9. The molecule has 66 valence electrons. The van der Waals surface area contributed by atoms with E-state index in [0.29, 0.717) is 6.20 Å². The van der Waals surface area contributed by atoms with Gasteiger partial charge in [-0.15, -0.1) is 0 Å². The molecule has 1 aromatic heterocycles. The summed E-state index contributed by atoms with van der Waals surface area (Å²) in [4.78, 5) is 3.15. The molecule has 0 saturated heterocycles. The van der Waals surface area contributed by atoms with Crippen LogP contribution in [0.25, 0.3) is 0 Å². The Labute approximate surface area is 79.7 Å². The average Bonchev–Trinajstić information content (AvgIpc) is 2.00. The third-order valence-electron chi connectivity index (χ3n) is 1.15. The fraction of sp³-hybridized carbons (Fsp3) is 0.167. The van der Waals surface area contributed by atoms with E-state index in [1.807, 2.05) is 0 Å². The molecule has 6 heteroatoms. The van der Waals surface area contributed by atoms with E-state index in [0.717, 1.165) is 0 Å². The molecule has 1 aromatic rings.